The maximum absolute atomic E-state index is 12.7. The predicted molar refractivity (Wildman–Crippen MR) is 84.0 cm³/mol. The van der Waals surface area contributed by atoms with Crippen LogP contribution in [0.2, 0.25) is 0 Å². The Hall–Kier alpha value is -3.22. The highest BCUT2D eigenvalue weighted by molar-refractivity contribution is 5.96. The van der Waals surface area contributed by atoms with E-state index in [4.69, 9.17) is 4.74 Å². The lowest BCUT2D eigenvalue weighted by Crippen LogP contribution is -2.27. The van der Waals surface area contributed by atoms with Gasteiger partial charge in [0.15, 0.2) is 6.61 Å². The molecule has 0 radical (unpaired) electrons. The van der Waals surface area contributed by atoms with E-state index in [-0.39, 0.29) is 18.1 Å². The molecule has 1 aliphatic rings. The van der Waals surface area contributed by atoms with E-state index >= 15 is 0 Å². The number of hydrogen-bond donors (Lipinski definition) is 1. The fraction of sp³-hybridized carbons (Fsp3) is 0.125. The molecule has 0 saturated heterocycles. The van der Waals surface area contributed by atoms with Crippen molar-refractivity contribution >= 4 is 22.5 Å². The van der Waals surface area contributed by atoms with Gasteiger partial charge in [-0.2, -0.15) is 4.68 Å². The van der Waals surface area contributed by atoms with Gasteiger partial charge in [-0.1, -0.05) is 17.3 Å². The van der Waals surface area contributed by atoms with Crippen molar-refractivity contribution in [2.75, 3.05) is 11.9 Å². The van der Waals surface area contributed by atoms with Crippen molar-refractivity contribution in [1.82, 2.24) is 15.0 Å². The van der Waals surface area contributed by atoms with Crippen LogP contribution in [0.3, 0.4) is 0 Å². The molecule has 3 aromatic rings. The van der Waals surface area contributed by atoms with Crippen LogP contribution in [-0.2, 0) is 4.79 Å². The third-order valence-electron chi connectivity index (χ3n) is 3.73. The van der Waals surface area contributed by atoms with E-state index in [1.165, 1.54) is 4.68 Å². The fourth-order valence-corrected chi connectivity index (χ4v) is 2.59. The van der Waals surface area contributed by atoms with E-state index < -0.39 is 0 Å². The Bertz CT molecular complexity index is 1010. The van der Waals surface area contributed by atoms with Crippen LogP contribution in [0.5, 0.6) is 5.75 Å². The van der Waals surface area contributed by atoms with Gasteiger partial charge in [0.25, 0.3) is 11.5 Å². The molecule has 7 heteroatoms. The van der Waals surface area contributed by atoms with Gasteiger partial charge in [-0.3, -0.25) is 9.59 Å². The standard InChI is InChI=1S/C16H12N4O3/c1-9-6-14-12(17-15(21)8-23-14)7-13(9)20-16(22)10-4-2-3-5-11(10)18-19-20/h2-7H,8H2,1H3,(H,17,21). The molecule has 1 aromatic heterocycles. The molecule has 114 valence electrons. The third kappa shape index (κ3) is 2.13. The summed E-state index contributed by atoms with van der Waals surface area (Å²) in [6, 6.07) is 10.5. The van der Waals surface area contributed by atoms with Gasteiger partial charge in [-0.15, -0.1) is 5.10 Å². The minimum atomic E-state index is -0.262. The second-order valence-corrected chi connectivity index (χ2v) is 5.30. The Balaban J connectivity index is 1.94. The van der Waals surface area contributed by atoms with Crippen molar-refractivity contribution in [3.63, 3.8) is 0 Å². The number of fused-ring (bicyclic) bond motifs is 2. The Morgan fingerprint density at radius 3 is 2.91 bits per heavy atom. The van der Waals surface area contributed by atoms with Gasteiger partial charge in [0.05, 0.1) is 16.8 Å². The molecule has 0 unspecified atom stereocenters. The van der Waals surface area contributed by atoms with E-state index in [1.54, 1.807) is 36.4 Å². The third-order valence-corrected chi connectivity index (χ3v) is 3.73. The summed E-state index contributed by atoms with van der Waals surface area (Å²) in [5.74, 6) is 0.344. The molecule has 1 aliphatic heterocycles. The topological polar surface area (TPSA) is 86.1 Å². The van der Waals surface area contributed by atoms with E-state index in [9.17, 15) is 9.59 Å². The molecule has 0 fully saturated rings. The van der Waals surface area contributed by atoms with Crippen molar-refractivity contribution in [2.24, 2.45) is 0 Å². The molecule has 4 rings (SSSR count). The van der Waals surface area contributed by atoms with Crippen LogP contribution in [-0.4, -0.2) is 27.5 Å². The SMILES string of the molecule is Cc1cc2c(cc1-n1nnc3ccccc3c1=O)NC(=O)CO2. The Kier molecular flexibility index (Phi) is 2.87. The molecular formula is C16H12N4O3. The minimum Gasteiger partial charge on any atom is -0.482 e. The van der Waals surface area contributed by atoms with E-state index in [1.807, 2.05) is 6.92 Å². The summed E-state index contributed by atoms with van der Waals surface area (Å²) in [7, 11) is 0. The summed E-state index contributed by atoms with van der Waals surface area (Å²) < 4.78 is 6.61. The Morgan fingerprint density at radius 1 is 1.22 bits per heavy atom. The number of aromatic nitrogens is 3. The molecule has 0 saturated carbocycles. The van der Waals surface area contributed by atoms with Gasteiger partial charge in [-0.05, 0) is 36.8 Å². The number of anilines is 1. The van der Waals surface area contributed by atoms with Crippen molar-refractivity contribution in [1.29, 1.82) is 0 Å². The molecule has 7 nitrogen and oxygen atoms in total. The molecule has 1 N–H and O–H groups in total. The number of carbonyl (C=O) groups excluding carboxylic acids is 1. The molecule has 0 aliphatic carbocycles. The van der Waals surface area contributed by atoms with Crippen molar-refractivity contribution in [3.05, 3.63) is 52.3 Å². The number of carbonyl (C=O) groups is 1. The number of aryl methyl sites for hydroxylation is 1. The van der Waals surface area contributed by atoms with Gasteiger partial charge < -0.3 is 10.1 Å². The Morgan fingerprint density at radius 2 is 2.04 bits per heavy atom. The molecule has 0 bridgehead atoms. The maximum Gasteiger partial charge on any atom is 0.282 e. The lowest BCUT2D eigenvalue weighted by molar-refractivity contribution is -0.118. The van der Waals surface area contributed by atoms with Crippen LogP contribution >= 0.6 is 0 Å². The van der Waals surface area contributed by atoms with Crippen LogP contribution in [0, 0.1) is 6.92 Å². The summed E-state index contributed by atoms with van der Waals surface area (Å²) in [4.78, 5) is 24.1. The van der Waals surface area contributed by atoms with Gasteiger partial charge in [-0.25, -0.2) is 0 Å². The van der Waals surface area contributed by atoms with E-state index in [2.05, 4.69) is 15.6 Å². The number of amides is 1. The summed E-state index contributed by atoms with van der Waals surface area (Å²) in [5, 5.41) is 11.3. The van der Waals surface area contributed by atoms with E-state index in [0.29, 0.717) is 28.0 Å². The van der Waals surface area contributed by atoms with Crippen molar-refractivity contribution in [3.8, 4) is 11.4 Å². The summed E-state index contributed by atoms with van der Waals surface area (Å²) >= 11 is 0. The number of benzene rings is 2. The minimum absolute atomic E-state index is 0.0124. The first-order chi connectivity index (χ1) is 11.1. The first-order valence-corrected chi connectivity index (χ1v) is 7.06. The van der Waals surface area contributed by atoms with Gasteiger partial charge >= 0.3 is 0 Å². The first-order valence-electron chi connectivity index (χ1n) is 7.06. The molecule has 1 amide bonds. The predicted octanol–water partition coefficient (Wildman–Crippen LogP) is 1.42. The second kappa shape index (κ2) is 4.91. The van der Waals surface area contributed by atoms with Crippen molar-refractivity contribution in [2.45, 2.75) is 6.92 Å². The van der Waals surface area contributed by atoms with Crippen LogP contribution in [0.4, 0.5) is 5.69 Å². The lowest BCUT2D eigenvalue weighted by atomic mass is 10.1. The highest BCUT2D eigenvalue weighted by Crippen LogP contribution is 2.31. The maximum atomic E-state index is 12.7. The summed E-state index contributed by atoms with van der Waals surface area (Å²) in [6.07, 6.45) is 0. The lowest BCUT2D eigenvalue weighted by Gasteiger charge is -2.20. The zero-order chi connectivity index (χ0) is 16.0. The van der Waals surface area contributed by atoms with Crippen LogP contribution in [0.15, 0.2) is 41.2 Å². The Labute approximate surface area is 130 Å². The molecule has 0 spiro atoms. The van der Waals surface area contributed by atoms with Crippen LogP contribution < -0.4 is 15.6 Å². The number of rotatable bonds is 1. The largest absolute Gasteiger partial charge is 0.482 e. The quantitative estimate of drug-likeness (QED) is 0.735. The monoisotopic (exact) mass is 308 g/mol. The summed E-state index contributed by atoms with van der Waals surface area (Å²) in [6.45, 7) is 1.83. The average molecular weight is 308 g/mol. The zero-order valence-electron chi connectivity index (χ0n) is 12.2. The highest BCUT2D eigenvalue weighted by atomic mass is 16.5. The zero-order valence-corrected chi connectivity index (χ0v) is 12.2. The van der Waals surface area contributed by atoms with Crippen LogP contribution in [0.25, 0.3) is 16.6 Å². The number of nitrogens with one attached hydrogen (secondary N) is 1. The van der Waals surface area contributed by atoms with Gasteiger partial charge in [0.1, 0.15) is 11.3 Å². The number of nitrogens with zero attached hydrogens (tertiary/aromatic N) is 3. The normalized spacial score (nSPS) is 13.3. The fourth-order valence-electron chi connectivity index (χ4n) is 2.59. The molecule has 23 heavy (non-hydrogen) atoms. The molecule has 2 aromatic carbocycles. The molecule has 0 atom stereocenters. The van der Waals surface area contributed by atoms with Gasteiger partial charge in [0.2, 0.25) is 0 Å². The second-order valence-electron chi connectivity index (χ2n) is 5.30. The van der Waals surface area contributed by atoms with Crippen molar-refractivity contribution < 1.29 is 9.53 Å². The average Bonchev–Trinajstić information content (AvgIpc) is 2.56. The molecular weight excluding hydrogens is 296 g/mol. The first kappa shape index (κ1) is 13.4. The summed E-state index contributed by atoms with van der Waals surface area (Å²) in [5.41, 5.74) is 2.15. The number of hydrogen-bond acceptors (Lipinski definition) is 5. The smallest absolute Gasteiger partial charge is 0.282 e. The highest BCUT2D eigenvalue weighted by Gasteiger charge is 2.19. The molecule has 2 heterocycles. The van der Waals surface area contributed by atoms with E-state index in [0.717, 1.165) is 5.56 Å². The number of ether oxygens (including phenoxy) is 1. The van der Waals surface area contributed by atoms with Crippen LogP contribution in [0.1, 0.15) is 5.56 Å². The van der Waals surface area contributed by atoms with Gasteiger partial charge in [0, 0.05) is 0 Å².